The first-order chi connectivity index (χ1) is 25.1. The van der Waals surface area contributed by atoms with Crippen LogP contribution in [0.3, 0.4) is 0 Å². The molecule has 6 rings (SSSR count). The summed E-state index contributed by atoms with van der Waals surface area (Å²) in [5.74, 6) is -0.459. The summed E-state index contributed by atoms with van der Waals surface area (Å²) in [5, 5.41) is 10.1. The van der Waals surface area contributed by atoms with Crippen LogP contribution in [0.5, 0.6) is 11.5 Å². The minimum atomic E-state index is -1.00. The van der Waals surface area contributed by atoms with Gasteiger partial charge in [0.1, 0.15) is 41.4 Å². The zero-order valence-corrected chi connectivity index (χ0v) is 29.5. The lowest BCUT2D eigenvalue weighted by Crippen LogP contribution is -2.45. The molecule has 0 saturated carbocycles. The Hall–Kier alpha value is -5.38. The molecule has 0 fully saturated rings. The molecule has 268 valence electrons. The van der Waals surface area contributed by atoms with E-state index in [2.05, 4.69) is 16.0 Å². The normalized spacial score (nSPS) is 14.8. The second kappa shape index (κ2) is 16.3. The minimum Gasteiger partial charge on any atom is -0.488 e. The van der Waals surface area contributed by atoms with E-state index in [0.717, 1.165) is 45.2 Å². The Kier molecular flexibility index (Phi) is 11.4. The third-order valence-electron chi connectivity index (χ3n) is 9.23. The highest BCUT2D eigenvalue weighted by molar-refractivity contribution is 5.84. The van der Waals surface area contributed by atoms with Gasteiger partial charge in [-0.1, -0.05) is 48.5 Å². The van der Waals surface area contributed by atoms with Crippen molar-refractivity contribution in [1.29, 1.82) is 0 Å². The number of ether oxygens (including phenoxy) is 3. The van der Waals surface area contributed by atoms with Gasteiger partial charge in [-0.15, -0.1) is 0 Å². The van der Waals surface area contributed by atoms with Crippen LogP contribution in [-0.4, -0.2) is 40.7 Å². The van der Waals surface area contributed by atoms with Crippen molar-refractivity contribution in [2.45, 2.75) is 58.0 Å². The van der Waals surface area contributed by atoms with E-state index < -0.39 is 23.3 Å². The van der Waals surface area contributed by atoms with Gasteiger partial charge in [-0.2, -0.15) is 0 Å². The second-order valence-electron chi connectivity index (χ2n) is 13.3. The van der Waals surface area contributed by atoms with Crippen molar-refractivity contribution in [2.24, 2.45) is 0 Å². The van der Waals surface area contributed by atoms with E-state index in [-0.39, 0.29) is 12.6 Å². The molecule has 4 aromatic carbocycles. The van der Waals surface area contributed by atoms with Gasteiger partial charge >= 0.3 is 5.97 Å². The topological polar surface area (TPSA) is 81.1 Å². The number of aliphatic hydroxyl groups excluding tert-OH is 1. The van der Waals surface area contributed by atoms with E-state index in [1.54, 1.807) is 32.2 Å². The number of carbonyl (C=O) groups excluding carboxylic acids is 1. The number of esters is 1. The highest BCUT2D eigenvalue weighted by Crippen LogP contribution is 2.36. The number of carbonyl (C=O) groups is 1. The molecule has 0 amide bonds. The van der Waals surface area contributed by atoms with Crippen molar-refractivity contribution in [3.8, 4) is 11.5 Å². The van der Waals surface area contributed by atoms with Crippen LogP contribution in [0.15, 0.2) is 109 Å². The average molecular weight is 705 g/mol. The molecule has 2 heterocycles. The summed E-state index contributed by atoms with van der Waals surface area (Å²) in [6, 6.07) is 30.0. The Morgan fingerprint density at radius 2 is 1.67 bits per heavy atom. The van der Waals surface area contributed by atoms with Crippen LogP contribution in [0.25, 0.3) is 11.6 Å². The van der Waals surface area contributed by atoms with Gasteiger partial charge in [0.05, 0.1) is 12.8 Å². The highest BCUT2D eigenvalue weighted by Gasteiger charge is 2.33. The molecular weight excluding hydrogens is 662 g/mol. The van der Waals surface area contributed by atoms with Gasteiger partial charge in [-0.3, -0.25) is 14.7 Å². The monoisotopic (exact) mass is 704 g/mol. The van der Waals surface area contributed by atoms with Gasteiger partial charge in [0.15, 0.2) is 0 Å². The van der Waals surface area contributed by atoms with Gasteiger partial charge < -0.3 is 19.3 Å². The van der Waals surface area contributed by atoms with Crippen LogP contribution in [0.4, 0.5) is 8.78 Å². The number of aromatic nitrogens is 1. The lowest BCUT2D eigenvalue weighted by molar-refractivity contribution is -0.148. The molecule has 0 aliphatic carbocycles. The first-order valence-electron chi connectivity index (χ1n) is 17.2. The quantitative estimate of drug-likeness (QED) is 0.0977. The largest absolute Gasteiger partial charge is 0.488 e. The van der Waals surface area contributed by atoms with Crippen LogP contribution >= 0.6 is 0 Å². The molecule has 0 bridgehead atoms. The molecule has 5 aromatic rings. The number of nitrogens with zero attached hydrogens (tertiary/aromatic N) is 2. The summed E-state index contributed by atoms with van der Waals surface area (Å²) in [5.41, 5.74) is 5.87. The van der Waals surface area contributed by atoms with Crippen molar-refractivity contribution < 1.29 is 32.9 Å². The molecule has 7 nitrogen and oxygen atoms in total. The highest BCUT2D eigenvalue weighted by atomic mass is 19.1. The fourth-order valence-corrected chi connectivity index (χ4v) is 6.50. The third kappa shape index (κ3) is 8.91. The molecule has 1 N–H and O–H groups in total. The van der Waals surface area contributed by atoms with Gasteiger partial charge in [0, 0.05) is 43.1 Å². The summed E-state index contributed by atoms with van der Waals surface area (Å²) in [6.45, 7) is 4.75. The lowest BCUT2D eigenvalue weighted by Gasteiger charge is -2.35. The molecule has 1 aliphatic heterocycles. The maximum absolute atomic E-state index is 14.0. The van der Waals surface area contributed by atoms with Crippen LogP contribution in [-0.2, 0) is 41.2 Å². The van der Waals surface area contributed by atoms with Crippen molar-refractivity contribution in [1.82, 2.24) is 9.88 Å². The summed E-state index contributed by atoms with van der Waals surface area (Å²) in [6.07, 6.45) is 4.60. The molecular formula is C43H42F2N2O5. The minimum absolute atomic E-state index is 0.0773. The number of aliphatic hydroxyl groups is 1. The SMILES string of the molecule is COC(=O)[C@@H]1Cc2cc(OCc3ccccc3)c(/C=C(\CCO)c3ccc(OC(C)(C)c4cc(F)cc(F)c4)cc3)cc2CN1Cc1ccccn1. The molecule has 1 aliphatic rings. The molecule has 0 unspecified atom stereocenters. The average Bonchev–Trinajstić information content (AvgIpc) is 3.14. The summed E-state index contributed by atoms with van der Waals surface area (Å²) in [4.78, 5) is 19.6. The van der Waals surface area contributed by atoms with E-state index in [9.17, 15) is 18.7 Å². The van der Waals surface area contributed by atoms with E-state index >= 15 is 0 Å². The van der Waals surface area contributed by atoms with Gasteiger partial charge in [0.25, 0.3) is 0 Å². The summed E-state index contributed by atoms with van der Waals surface area (Å²) < 4.78 is 45.8. The number of pyridine rings is 1. The van der Waals surface area contributed by atoms with Gasteiger partial charge in [-0.25, -0.2) is 8.78 Å². The number of rotatable bonds is 13. The van der Waals surface area contributed by atoms with Crippen LogP contribution < -0.4 is 9.47 Å². The molecule has 1 aromatic heterocycles. The molecule has 1 atom stereocenters. The van der Waals surface area contributed by atoms with Crippen molar-refractivity contribution in [3.05, 3.63) is 160 Å². The number of hydrogen-bond donors (Lipinski definition) is 1. The van der Waals surface area contributed by atoms with E-state index in [1.165, 1.54) is 19.2 Å². The predicted octanol–water partition coefficient (Wildman–Crippen LogP) is 8.28. The van der Waals surface area contributed by atoms with Crippen molar-refractivity contribution >= 4 is 17.6 Å². The fourth-order valence-electron chi connectivity index (χ4n) is 6.50. The molecule has 0 spiro atoms. The second-order valence-corrected chi connectivity index (χ2v) is 13.3. The maximum atomic E-state index is 14.0. The summed E-state index contributed by atoms with van der Waals surface area (Å²) in [7, 11) is 1.41. The first-order valence-corrected chi connectivity index (χ1v) is 17.2. The molecule has 9 heteroatoms. The standard InChI is InChI=1S/C43H42F2N2O5/c1-43(2,35-23-36(44)25-37(45)24-35)52-39-14-12-30(13-15-39)31(16-18-48)19-33-20-34-26-47(27-38-11-7-8-17-46-38)40(42(49)50-3)21-32(34)22-41(33)51-28-29-9-5-4-6-10-29/h4-15,17,19-20,22-25,40,48H,16,18,21,26-28H2,1-3H3/b31-19+/t40-/m0/s1. The number of hydrogen-bond acceptors (Lipinski definition) is 7. The Balaban J connectivity index is 1.34. The van der Waals surface area contributed by atoms with Crippen molar-refractivity contribution in [3.63, 3.8) is 0 Å². The number of fused-ring (bicyclic) bond motifs is 1. The number of halogens is 2. The molecule has 0 radical (unpaired) electrons. The molecule has 52 heavy (non-hydrogen) atoms. The first kappa shape index (κ1) is 36.4. The third-order valence-corrected chi connectivity index (χ3v) is 9.23. The van der Waals surface area contributed by atoms with Crippen LogP contribution in [0, 0.1) is 11.6 Å². The fraction of sp³-hybridized carbons (Fsp3) is 0.256. The van der Waals surface area contributed by atoms with Gasteiger partial charge in [0.2, 0.25) is 0 Å². The Bertz CT molecular complexity index is 2000. The maximum Gasteiger partial charge on any atom is 0.323 e. The smallest absolute Gasteiger partial charge is 0.323 e. The molecule has 0 saturated heterocycles. The lowest BCUT2D eigenvalue weighted by atomic mass is 9.90. The number of methoxy groups -OCH3 is 1. The van der Waals surface area contributed by atoms with E-state index in [1.807, 2.05) is 72.8 Å². The Morgan fingerprint density at radius 3 is 2.35 bits per heavy atom. The van der Waals surface area contributed by atoms with Crippen LogP contribution in [0.1, 0.15) is 59.3 Å². The zero-order chi connectivity index (χ0) is 36.7. The van der Waals surface area contributed by atoms with E-state index in [0.29, 0.717) is 49.6 Å². The van der Waals surface area contributed by atoms with Crippen molar-refractivity contribution in [2.75, 3.05) is 13.7 Å². The Labute approximate surface area is 303 Å². The van der Waals surface area contributed by atoms with E-state index in [4.69, 9.17) is 14.2 Å². The Morgan fingerprint density at radius 1 is 0.942 bits per heavy atom. The van der Waals surface area contributed by atoms with Gasteiger partial charge in [-0.05, 0) is 109 Å². The zero-order valence-electron chi connectivity index (χ0n) is 29.5. The predicted molar refractivity (Wildman–Crippen MR) is 196 cm³/mol. The summed E-state index contributed by atoms with van der Waals surface area (Å²) >= 11 is 0. The number of benzene rings is 4. The van der Waals surface area contributed by atoms with Crippen LogP contribution in [0.2, 0.25) is 0 Å².